The highest BCUT2D eigenvalue weighted by Gasteiger charge is 2.14. The zero-order valence-corrected chi connectivity index (χ0v) is 7.18. The normalized spacial score (nSPS) is 17.5. The van der Waals surface area contributed by atoms with Crippen molar-refractivity contribution in [3.8, 4) is 0 Å². The molecule has 13 heavy (non-hydrogen) atoms. The summed E-state index contributed by atoms with van der Waals surface area (Å²) in [5.74, 6) is 0. The van der Waals surface area contributed by atoms with Crippen molar-refractivity contribution in [1.29, 1.82) is 0 Å². The molecule has 0 radical (unpaired) electrons. The van der Waals surface area contributed by atoms with Crippen LogP contribution in [0.3, 0.4) is 0 Å². The summed E-state index contributed by atoms with van der Waals surface area (Å²) in [6.45, 7) is 1.83. The van der Waals surface area contributed by atoms with Crippen LogP contribution in [0.15, 0.2) is 12.4 Å². The molecule has 0 aliphatic carbocycles. The molecule has 1 amide bonds. The number of amides is 1. The van der Waals surface area contributed by atoms with E-state index in [1.807, 2.05) is 5.01 Å². The van der Waals surface area contributed by atoms with Gasteiger partial charge in [0.1, 0.15) is 0 Å². The monoisotopic (exact) mass is 181 g/mol. The van der Waals surface area contributed by atoms with Crippen LogP contribution in [0.1, 0.15) is 12.8 Å². The summed E-state index contributed by atoms with van der Waals surface area (Å²) in [6.07, 6.45) is 5.27. The minimum atomic E-state index is -0.251. The van der Waals surface area contributed by atoms with Gasteiger partial charge >= 0.3 is 6.03 Å². The topological polar surface area (TPSA) is 63.1 Å². The highest BCUT2D eigenvalue weighted by atomic mass is 16.2. The number of nitrogens with one attached hydrogen (secondary N) is 1. The maximum atomic E-state index is 11.4. The summed E-state index contributed by atoms with van der Waals surface area (Å²) in [4.78, 5) is 11.4. The zero-order valence-electron chi connectivity index (χ0n) is 7.18. The third kappa shape index (κ3) is 1.83. The molecule has 2 heterocycles. The Bertz CT molecular complexity index is 277. The molecule has 1 aromatic heterocycles. The molecule has 1 fully saturated rings. The van der Waals surface area contributed by atoms with Gasteiger partial charge in [-0.15, -0.1) is 5.10 Å². The molecule has 6 heteroatoms. The van der Waals surface area contributed by atoms with Gasteiger partial charge in [-0.25, -0.2) is 9.80 Å². The molecule has 1 aromatic rings. The molecule has 1 N–H and O–H groups in total. The molecule has 1 saturated heterocycles. The average Bonchev–Trinajstić information content (AvgIpc) is 2.74. The fraction of sp³-hybridized carbons (Fsp3) is 0.571. The lowest BCUT2D eigenvalue weighted by Gasteiger charge is -2.14. The van der Waals surface area contributed by atoms with Crippen LogP contribution in [0, 0.1) is 0 Å². The minimum absolute atomic E-state index is 0.251. The van der Waals surface area contributed by atoms with Gasteiger partial charge in [0, 0.05) is 13.1 Å². The van der Waals surface area contributed by atoms with Gasteiger partial charge in [-0.3, -0.25) is 5.43 Å². The summed E-state index contributed by atoms with van der Waals surface area (Å²) in [5.41, 5.74) is 2.74. The van der Waals surface area contributed by atoms with Crippen molar-refractivity contribution in [2.75, 3.05) is 13.1 Å². The van der Waals surface area contributed by atoms with Gasteiger partial charge in [-0.05, 0) is 12.8 Å². The van der Waals surface area contributed by atoms with E-state index in [0.717, 1.165) is 25.9 Å². The van der Waals surface area contributed by atoms with Gasteiger partial charge in [0.25, 0.3) is 0 Å². The number of rotatable bonds is 1. The van der Waals surface area contributed by atoms with Crippen LogP contribution < -0.4 is 5.43 Å². The summed E-state index contributed by atoms with van der Waals surface area (Å²) < 4.78 is 1.18. The van der Waals surface area contributed by atoms with Crippen LogP contribution in [-0.4, -0.2) is 39.1 Å². The van der Waals surface area contributed by atoms with E-state index in [1.54, 1.807) is 0 Å². The lowest BCUT2D eigenvalue weighted by Crippen LogP contribution is -2.42. The maximum absolute atomic E-state index is 11.4. The first-order valence-corrected chi connectivity index (χ1v) is 4.28. The summed E-state index contributed by atoms with van der Waals surface area (Å²) in [5, 5.41) is 9.03. The first-order valence-electron chi connectivity index (χ1n) is 4.28. The van der Waals surface area contributed by atoms with Crippen molar-refractivity contribution in [3.63, 3.8) is 0 Å². The van der Waals surface area contributed by atoms with Crippen LogP contribution in [0.5, 0.6) is 0 Å². The molecule has 0 bridgehead atoms. The van der Waals surface area contributed by atoms with Crippen LogP contribution >= 0.6 is 0 Å². The molecule has 0 aromatic carbocycles. The van der Waals surface area contributed by atoms with Crippen LogP contribution in [0.25, 0.3) is 0 Å². The molecule has 70 valence electrons. The van der Waals surface area contributed by atoms with Gasteiger partial charge < -0.3 is 0 Å². The quantitative estimate of drug-likeness (QED) is 0.654. The van der Waals surface area contributed by atoms with E-state index < -0.39 is 0 Å². The molecular weight excluding hydrogens is 170 g/mol. The molecule has 0 unspecified atom stereocenters. The van der Waals surface area contributed by atoms with Crippen molar-refractivity contribution < 1.29 is 4.79 Å². The van der Waals surface area contributed by atoms with Gasteiger partial charge in [0.05, 0.1) is 12.4 Å². The second-order valence-electron chi connectivity index (χ2n) is 2.96. The van der Waals surface area contributed by atoms with Crippen molar-refractivity contribution in [3.05, 3.63) is 12.4 Å². The van der Waals surface area contributed by atoms with E-state index in [4.69, 9.17) is 0 Å². The molecule has 0 spiro atoms. The highest BCUT2D eigenvalue weighted by molar-refractivity contribution is 5.74. The highest BCUT2D eigenvalue weighted by Crippen LogP contribution is 2.03. The molecule has 6 nitrogen and oxygen atoms in total. The number of hydrazine groups is 1. The number of hydrogen-bond acceptors (Lipinski definition) is 4. The van der Waals surface area contributed by atoms with Gasteiger partial charge in [0.2, 0.25) is 0 Å². The predicted molar refractivity (Wildman–Crippen MR) is 44.8 cm³/mol. The van der Waals surface area contributed by atoms with E-state index in [0.29, 0.717) is 0 Å². The van der Waals surface area contributed by atoms with E-state index in [2.05, 4.69) is 15.7 Å². The van der Waals surface area contributed by atoms with E-state index >= 15 is 0 Å². The number of nitrogens with zero attached hydrogens (tertiary/aromatic N) is 4. The summed E-state index contributed by atoms with van der Waals surface area (Å²) in [7, 11) is 0. The minimum Gasteiger partial charge on any atom is -0.269 e. The number of carbonyl (C=O) groups is 1. The van der Waals surface area contributed by atoms with E-state index in [9.17, 15) is 4.79 Å². The standard InChI is InChI=1S/C7H11N5O/c13-7(12-6-3-8-10-12)9-11-4-1-2-5-11/h3,6H,1-2,4-5H2,(H,9,13). The van der Waals surface area contributed by atoms with Gasteiger partial charge in [-0.2, -0.15) is 4.68 Å². The lowest BCUT2D eigenvalue weighted by atomic mass is 10.4. The Morgan fingerprint density at radius 3 is 2.77 bits per heavy atom. The van der Waals surface area contributed by atoms with Crippen LogP contribution in [0.2, 0.25) is 0 Å². The first kappa shape index (κ1) is 8.18. The zero-order chi connectivity index (χ0) is 9.10. The maximum Gasteiger partial charge on any atom is 0.357 e. The van der Waals surface area contributed by atoms with Crippen LogP contribution in [-0.2, 0) is 0 Å². The molecule has 0 saturated carbocycles. The third-order valence-electron chi connectivity index (χ3n) is 1.99. The number of hydrogen-bond donors (Lipinski definition) is 1. The van der Waals surface area contributed by atoms with Crippen molar-refractivity contribution >= 4 is 6.03 Å². The molecular formula is C7H11N5O. The molecule has 0 atom stereocenters. The SMILES string of the molecule is O=C(NN1CCCC1)n1ccnn1. The Hall–Kier alpha value is -1.43. The fourth-order valence-electron chi connectivity index (χ4n) is 1.33. The van der Waals surface area contributed by atoms with Crippen molar-refractivity contribution in [2.24, 2.45) is 0 Å². The van der Waals surface area contributed by atoms with E-state index in [-0.39, 0.29) is 6.03 Å². The second kappa shape index (κ2) is 3.53. The average molecular weight is 181 g/mol. The lowest BCUT2D eigenvalue weighted by molar-refractivity contribution is 0.196. The Balaban J connectivity index is 1.91. The Morgan fingerprint density at radius 2 is 2.15 bits per heavy atom. The number of carbonyl (C=O) groups excluding carboxylic acids is 1. The summed E-state index contributed by atoms with van der Waals surface area (Å²) >= 11 is 0. The van der Waals surface area contributed by atoms with Gasteiger partial charge in [-0.1, -0.05) is 5.21 Å². The first-order chi connectivity index (χ1) is 6.36. The Morgan fingerprint density at radius 1 is 1.38 bits per heavy atom. The van der Waals surface area contributed by atoms with Crippen molar-refractivity contribution in [2.45, 2.75) is 12.8 Å². The molecule has 2 rings (SSSR count). The summed E-state index contributed by atoms with van der Waals surface area (Å²) in [6, 6.07) is -0.251. The van der Waals surface area contributed by atoms with Gasteiger partial charge in [0.15, 0.2) is 0 Å². The van der Waals surface area contributed by atoms with E-state index in [1.165, 1.54) is 17.1 Å². The van der Waals surface area contributed by atoms with Crippen LogP contribution in [0.4, 0.5) is 4.79 Å². The van der Waals surface area contributed by atoms with Crippen molar-refractivity contribution in [1.82, 2.24) is 25.4 Å². The largest absolute Gasteiger partial charge is 0.357 e. The Kier molecular flexibility index (Phi) is 2.22. The second-order valence-corrected chi connectivity index (χ2v) is 2.96. The predicted octanol–water partition coefficient (Wildman–Crippen LogP) is -0.153. The fourth-order valence-corrected chi connectivity index (χ4v) is 1.33. The smallest absolute Gasteiger partial charge is 0.269 e. The molecule has 1 aliphatic heterocycles. The Labute approximate surface area is 75.5 Å². The molecule has 1 aliphatic rings. The third-order valence-corrected chi connectivity index (χ3v) is 1.99. The number of aromatic nitrogens is 3.